The van der Waals surface area contributed by atoms with Crippen LogP contribution in [0.4, 0.5) is 5.69 Å². The van der Waals surface area contributed by atoms with Gasteiger partial charge in [-0.3, -0.25) is 14.9 Å². The van der Waals surface area contributed by atoms with E-state index in [1.54, 1.807) is 11.3 Å². The smallest absolute Gasteiger partial charge is 0.338 e. The van der Waals surface area contributed by atoms with Crippen LogP contribution in [0.2, 0.25) is 0 Å². The number of carbonyl (C=O) groups excluding carboxylic acids is 2. The summed E-state index contributed by atoms with van der Waals surface area (Å²) < 4.78 is 4.60. The van der Waals surface area contributed by atoms with Crippen molar-refractivity contribution in [2.24, 2.45) is 0 Å². The van der Waals surface area contributed by atoms with Gasteiger partial charge in [-0.05, 0) is 32.3 Å². The van der Waals surface area contributed by atoms with Crippen molar-refractivity contribution in [1.29, 1.82) is 0 Å². The molecular formula is C18H19N3O5S. The van der Waals surface area contributed by atoms with Gasteiger partial charge in [-0.15, -0.1) is 11.3 Å². The minimum Gasteiger partial charge on any atom is -0.465 e. The molecule has 1 heterocycles. The Labute approximate surface area is 159 Å². The van der Waals surface area contributed by atoms with Gasteiger partial charge < -0.3 is 10.1 Å². The Balaban J connectivity index is 1.77. The molecule has 0 radical (unpaired) electrons. The molecule has 2 aromatic rings. The number of nitro benzene ring substituents is 1. The van der Waals surface area contributed by atoms with Crippen LogP contribution in [0.15, 0.2) is 18.2 Å². The van der Waals surface area contributed by atoms with Crippen LogP contribution in [0.1, 0.15) is 55.1 Å². The first kappa shape index (κ1) is 19.0. The van der Waals surface area contributed by atoms with Gasteiger partial charge >= 0.3 is 5.97 Å². The molecule has 0 saturated heterocycles. The van der Waals surface area contributed by atoms with Gasteiger partial charge in [0.25, 0.3) is 11.6 Å². The Morgan fingerprint density at radius 1 is 1.37 bits per heavy atom. The number of nitro groups is 1. The summed E-state index contributed by atoms with van der Waals surface area (Å²) in [4.78, 5) is 40.6. The lowest BCUT2D eigenvalue weighted by atomic mass is 9.91. The molecule has 27 heavy (non-hydrogen) atoms. The molecule has 0 fully saturated rings. The average molecular weight is 389 g/mol. The summed E-state index contributed by atoms with van der Waals surface area (Å²) in [5.74, 6) is -1.08. The van der Waals surface area contributed by atoms with Crippen LogP contribution >= 0.6 is 11.3 Å². The number of hydrogen-bond donors (Lipinski definition) is 1. The number of aromatic nitrogens is 1. The third-order valence-corrected chi connectivity index (χ3v) is 5.54. The Bertz CT molecular complexity index is 908. The van der Waals surface area contributed by atoms with Crippen LogP contribution in [0.25, 0.3) is 0 Å². The van der Waals surface area contributed by atoms with E-state index in [4.69, 9.17) is 0 Å². The Morgan fingerprint density at radius 3 is 2.81 bits per heavy atom. The molecule has 0 saturated carbocycles. The van der Waals surface area contributed by atoms with E-state index in [0.717, 1.165) is 42.1 Å². The fourth-order valence-electron chi connectivity index (χ4n) is 3.23. The number of methoxy groups -OCH3 is 1. The molecule has 1 aromatic heterocycles. The zero-order valence-corrected chi connectivity index (χ0v) is 15.8. The maximum atomic E-state index is 12.5. The topological polar surface area (TPSA) is 111 Å². The Morgan fingerprint density at radius 2 is 2.11 bits per heavy atom. The third-order valence-electron chi connectivity index (χ3n) is 4.50. The first-order valence-corrected chi connectivity index (χ1v) is 9.33. The summed E-state index contributed by atoms with van der Waals surface area (Å²) in [5, 5.41) is 14.9. The standard InChI is InChI=1S/C18H19N3O5S/c1-10-20-16-11(4-3-5-15(16)27-10)9-19-17(22)12-6-13(18(23)26-2)8-14(7-12)21(24)25/h6-8,11H,3-5,9H2,1-2H3,(H,19,22). The van der Waals surface area contributed by atoms with Crippen LogP contribution in [0.3, 0.4) is 0 Å². The number of ether oxygens (including phenoxy) is 1. The molecule has 1 N–H and O–H groups in total. The van der Waals surface area contributed by atoms with E-state index in [1.807, 2.05) is 6.92 Å². The number of hydrogen-bond acceptors (Lipinski definition) is 7. The van der Waals surface area contributed by atoms with E-state index in [1.165, 1.54) is 18.1 Å². The second-order valence-corrected chi connectivity index (χ2v) is 7.65. The number of nitrogens with one attached hydrogen (secondary N) is 1. The number of carbonyl (C=O) groups is 2. The van der Waals surface area contributed by atoms with Gasteiger partial charge in [0, 0.05) is 35.0 Å². The molecule has 1 aromatic carbocycles. The summed E-state index contributed by atoms with van der Waals surface area (Å²) in [7, 11) is 1.18. The second kappa shape index (κ2) is 7.83. The molecule has 0 aliphatic heterocycles. The number of amides is 1. The highest BCUT2D eigenvalue weighted by atomic mass is 32.1. The van der Waals surface area contributed by atoms with Gasteiger partial charge in [-0.2, -0.15) is 0 Å². The number of fused-ring (bicyclic) bond motifs is 1. The van der Waals surface area contributed by atoms with E-state index in [0.29, 0.717) is 6.54 Å². The molecule has 9 heteroatoms. The highest BCUT2D eigenvalue weighted by molar-refractivity contribution is 7.11. The highest BCUT2D eigenvalue weighted by Crippen LogP contribution is 2.34. The number of nitrogens with zero attached hydrogens (tertiary/aromatic N) is 2. The number of thiazole rings is 1. The SMILES string of the molecule is COC(=O)c1cc(C(=O)NCC2CCCc3sc(C)nc32)cc([N+](=O)[O-])c1. The van der Waals surface area contributed by atoms with Crippen molar-refractivity contribution in [2.45, 2.75) is 32.1 Å². The van der Waals surface area contributed by atoms with Crippen molar-refractivity contribution in [3.05, 3.63) is 55.0 Å². The molecule has 1 unspecified atom stereocenters. The Hall–Kier alpha value is -2.81. The fraction of sp³-hybridized carbons (Fsp3) is 0.389. The molecule has 3 rings (SSSR count). The van der Waals surface area contributed by atoms with Crippen LogP contribution in [0.5, 0.6) is 0 Å². The minimum absolute atomic E-state index is 0.0353. The van der Waals surface area contributed by atoms with Crippen LogP contribution in [0, 0.1) is 17.0 Å². The van der Waals surface area contributed by atoms with E-state index < -0.39 is 16.8 Å². The van der Waals surface area contributed by atoms with Crippen molar-refractivity contribution < 1.29 is 19.2 Å². The molecule has 1 amide bonds. The van der Waals surface area contributed by atoms with Crippen molar-refractivity contribution in [3.8, 4) is 0 Å². The summed E-state index contributed by atoms with van der Waals surface area (Å²) in [6.45, 7) is 2.36. The maximum Gasteiger partial charge on any atom is 0.338 e. The van der Waals surface area contributed by atoms with Crippen molar-refractivity contribution in [2.75, 3.05) is 13.7 Å². The van der Waals surface area contributed by atoms with Crippen LogP contribution < -0.4 is 5.32 Å². The lowest BCUT2D eigenvalue weighted by Crippen LogP contribution is -2.30. The molecule has 0 spiro atoms. The van der Waals surface area contributed by atoms with E-state index >= 15 is 0 Å². The zero-order chi connectivity index (χ0) is 19.6. The molecule has 8 nitrogen and oxygen atoms in total. The first-order chi connectivity index (χ1) is 12.9. The third kappa shape index (κ3) is 4.13. The van der Waals surface area contributed by atoms with Gasteiger partial charge in [-0.25, -0.2) is 9.78 Å². The summed E-state index contributed by atoms with van der Waals surface area (Å²) >= 11 is 1.69. The zero-order valence-electron chi connectivity index (χ0n) is 15.0. The predicted molar refractivity (Wildman–Crippen MR) is 99.3 cm³/mol. The van der Waals surface area contributed by atoms with Gasteiger partial charge in [0.05, 0.1) is 28.3 Å². The molecule has 0 bridgehead atoms. The quantitative estimate of drug-likeness (QED) is 0.478. The predicted octanol–water partition coefficient (Wildman–Crippen LogP) is 3.00. The lowest BCUT2D eigenvalue weighted by molar-refractivity contribution is -0.384. The molecule has 142 valence electrons. The van der Waals surface area contributed by atoms with Crippen molar-refractivity contribution in [3.63, 3.8) is 0 Å². The monoisotopic (exact) mass is 389 g/mol. The van der Waals surface area contributed by atoms with E-state index in [9.17, 15) is 19.7 Å². The summed E-state index contributed by atoms with van der Waals surface area (Å²) in [6, 6.07) is 3.54. The van der Waals surface area contributed by atoms with E-state index in [2.05, 4.69) is 15.0 Å². The van der Waals surface area contributed by atoms with E-state index in [-0.39, 0.29) is 22.7 Å². The molecule has 1 aliphatic carbocycles. The van der Waals surface area contributed by atoms with Crippen LogP contribution in [-0.2, 0) is 11.2 Å². The summed E-state index contributed by atoms with van der Waals surface area (Å²) in [6.07, 6.45) is 2.98. The molecule has 1 aliphatic rings. The largest absolute Gasteiger partial charge is 0.465 e. The lowest BCUT2D eigenvalue weighted by Gasteiger charge is -2.21. The van der Waals surface area contributed by atoms with Crippen molar-refractivity contribution in [1.82, 2.24) is 10.3 Å². The van der Waals surface area contributed by atoms with Crippen LogP contribution in [-0.4, -0.2) is 35.4 Å². The fourth-order valence-corrected chi connectivity index (χ4v) is 4.29. The highest BCUT2D eigenvalue weighted by Gasteiger charge is 2.25. The van der Waals surface area contributed by atoms with Crippen molar-refractivity contribution >= 4 is 28.9 Å². The number of aryl methyl sites for hydroxylation is 2. The van der Waals surface area contributed by atoms with Gasteiger partial charge in [0.2, 0.25) is 0 Å². The average Bonchev–Trinajstić information content (AvgIpc) is 3.05. The van der Waals surface area contributed by atoms with Gasteiger partial charge in [0.15, 0.2) is 0 Å². The maximum absolute atomic E-state index is 12.5. The number of non-ortho nitro benzene ring substituents is 1. The normalized spacial score (nSPS) is 15.7. The second-order valence-electron chi connectivity index (χ2n) is 6.36. The van der Waals surface area contributed by atoms with Gasteiger partial charge in [0.1, 0.15) is 0 Å². The number of rotatable bonds is 5. The minimum atomic E-state index is -0.734. The number of esters is 1. The summed E-state index contributed by atoms with van der Waals surface area (Å²) in [5.41, 5.74) is 0.721. The molecular weight excluding hydrogens is 370 g/mol. The van der Waals surface area contributed by atoms with Gasteiger partial charge in [-0.1, -0.05) is 0 Å². The first-order valence-electron chi connectivity index (χ1n) is 8.51. The number of benzene rings is 1. The Kier molecular flexibility index (Phi) is 5.50. The molecule has 1 atom stereocenters.